The van der Waals surface area contributed by atoms with Gasteiger partial charge in [-0.2, -0.15) is 0 Å². The number of phenolic OH excluding ortho intramolecular Hbond substituents is 1. The van der Waals surface area contributed by atoms with Crippen molar-refractivity contribution < 1.29 is 14.2 Å². The molecule has 0 bridgehead atoms. The Hall–Kier alpha value is -2.23. The first-order valence-electron chi connectivity index (χ1n) is 7.53. The summed E-state index contributed by atoms with van der Waals surface area (Å²) in [7, 11) is 0. The van der Waals surface area contributed by atoms with Gasteiger partial charge in [-0.1, -0.05) is 12.1 Å². The Morgan fingerprint density at radius 3 is 2.82 bits per heavy atom. The van der Waals surface area contributed by atoms with E-state index in [-0.39, 0.29) is 17.7 Å². The molecule has 2 aromatic carbocycles. The number of halogens is 1. The SMILES string of the molecule is CC(C)N1CC(Cc2cccc(F)c2)Oc2cc(O)ccc21. The molecular formula is C18H20FNO2. The number of ether oxygens (including phenoxy) is 1. The van der Waals surface area contributed by atoms with Crippen molar-refractivity contribution in [2.24, 2.45) is 0 Å². The highest BCUT2D eigenvalue weighted by molar-refractivity contribution is 5.63. The van der Waals surface area contributed by atoms with Crippen LogP contribution >= 0.6 is 0 Å². The number of fused-ring (bicyclic) bond motifs is 1. The van der Waals surface area contributed by atoms with Crippen LogP contribution in [0.1, 0.15) is 19.4 Å². The van der Waals surface area contributed by atoms with Crippen LogP contribution in [0.3, 0.4) is 0 Å². The van der Waals surface area contributed by atoms with Crippen molar-refractivity contribution in [1.29, 1.82) is 0 Å². The minimum Gasteiger partial charge on any atom is -0.508 e. The average Bonchev–Trinajstić information content (AvgIpc) is 2.46. The maximum Gasteiger partial charge on any atom is 0.146 e. The van der Waals surface area contributed by atoms with Gasteiger partial charge < -0.3 is 14.7 Å². The number of hydrogen-bond donors (Lipinski definition) is 1. The first-order valence-corrected chi connectivity index (χ1v) is 7.53. The standard InChI is InChI=1S/C18H20FNO2/c1-12(2)20-11-16(9-13-4-3-5-14(19)8-13)22-18-10-15(21)6-7-17(18)20/h3-8,10,12,16,21H,9,11H2,1-2H3. The van der Waals surface area contributed by atoms with Crippen LogP contribution in [-0.4, -0.2) is 23.8 Å². The van der Waals surface area contributed by atoms with E-state index in [0.717, 1.165) is 17.8 Å². The number of aromatic hydroxyl groups is 1. The second kappa shape index (κ2) is 5.87. The van der Waals surface area contributed by atoms with Gasteiger partial charge in [0.1, 0.15) is 23.4 Å². The molecule has 4 heteroatoms. The summed E-state index contributed by atoms with van der Waals surface area (Å²) < 4.78 is 19.3. The maximum atomic E-state index is 13.3. The van der Waals surface area contributed by atoms with Gasteiger partial charge in [-0.25, -0.2) is 4.39 Å². The minimum atomic E-state index is -0.230. The number of rotatable bonds is 3. The molecular weight excluding hydrogens is 281 g/mol. The molecule has 116 valence electrons. The summed E-state index contributed by atoms with van der Waals surface area (Å²) in [4.78, 5) is 2.25. The molecule has 1 heterocycles. The predicted octanol–water partition coefficient (Wildman–Crippen LogP) is 3.75. The van der Waals surface area contributed by atoms with E-state index in [9.17, 15) is 9.50 Å². The quantitative estimate of drug-likeness (QED) is 0.937. The Morgan fingerprint density at radius 2 is 2.09 bits per heavy atom. The number of phenols is 1. The number of benzene rings is 2. The lowest BCUT2D eigenvalue weighted by molar-refractivity contribution is 0.190. The minimum absolute atomic E-state index is 0.0708. The molecule has 0 fully saturated rings. The van der Waals surface area contributed by atoms with Crippen LogP contribution < -0.4 is 9.64 Å². The molecule has 1 aliphatic rings. The van der Waals surface area contributed by atoms with Gasteiger partial charge in [0.05, 0.1) is 12.2 Å². The van der Waals surface area contributed by atoms with Crippen LogP contribution in [0.4, 0.5) is 10.1 Å². The third-order valence-corrected chi connectivity index (χ3v) is 3.92. The highest BCUT2D eigenvalue weighted by Gasteiger charge is 2.27. The van der Waals surface area contributed by atoms with Crippen molar-refractivity contribution in [1.82, 2.24) is 0 Å². The van der Waals surface area contributed by atoms with Gasteiger partial charge in [-0.15, -0.1) is 0 Å². The van der Waals surface area contributed by atoms with Crippen molar-refractivity contribution >= 4 is 5.69 Å². The zero-order chi connectivity index (χ0) is 15.7. The smallest absolute Gasteiger partial charge is 0.146 e. The first-order chi connectivity index (χ1) is 10.5. The predicted molar refractivity (Wildman–Crippen MR) is 85.1 cm³/mol. The summed E-state index contributed by atoms with van der Waals surface area (Å²) in [6, 6.07) is 12.1. The van der Waals surface area contributed by atoms with Gasteiger partial charge in [0.25, 0.3) is 0 Å². The fraction of sp³-hybridized carbons (Fsp3) is 0.333. The zero-order valence-electron chi connectivity index (χ0n) is 12.8. The topological polar surface area (TPSA) is 32.7 Å². The second-order valence-electron chi connectivity index (χ2n) is 5.97. The van der Waals surface area contributed by atoms with Crippen molar-refractivity contribution in [3.63, 3.8) is 0 Å². The molecule has 0 amide bonds. The van der Waals surface area contributed by atoms with E-state index in [4.69, 9.17) is 4.74 Å². The van der Waals surface area contributed by atoms with E-state index >= 15 is 0 Å². The van der Waals surface area contributed by atoms with Gasteiger partial charge >= 0.3 is 0 Å². The molecule has 1 aliphatic heterocycles. The van der Waals surface area contributed by atoms with E-state index in [1.165, 1.54) is 6.07 Å². The molecule has 3 rings (SSSR count). The molecule has 2 aromatic rings. The van der Waals surface area contributed by atoms with E-state index < -0.39 is 0 Å². The fourth-order valence-corrected chi connectivity index (χ4v) is 2.89. The molecule has 22 heavy (non-hydrogen) atoms. The lowest BCUT2D eigenvalue weighted by Gasteiger charge is -2.39. The molecule has 0 radical (unpaired) electrons. The molecule has 0 spiro atoms. The highest BCUT2D eigenvalue weighted by atomic mass is 19.1. The molecule has 0 aromatic heterocycles. The van der Waals surface area contributed by atoms with Crippen molar-refractivity contribution in [3.8, 4) is 11.5 Å². The van der Waals surface area contributed by atoms with Crippen LogP contribution in [0.5, 0.6) is 11.5 Å². The number of anilines is 1. The summed E-state index contributed by atoms with van der Waals surface area (Å²) in [5.74, 6) is 0.641. The summed E-state index contributed by atoms with van der Waals surface area (Å²) in [6.07, 6.45) is 0.564. The van der Waals surface area contributed by atoms with Crippen molar-refractivity contribution in [2.45, 2.75) is 32.4 Å². The van der Waals surface area contributed by atoms with E-state index in [1.807, 2.05) is 12.1 Å². The summed E-state index contributed by atoms with van der Waals surface area (Å²) in [5.41, 5.74) is 1.90. The van der Waals surface area contributed by atoms with Gasteiger partial charge in [-0.05, 0) is 43.7 Å². The number of hydrogen-bond acceptors (Lipinski definition) is 3. The molecule has 0 aliphatic carbocycles. The van der Waals surface area contributed by atoms with Gasteiger partial charge in [-0.3, -0.25) is 0 Å². The van der Waals surface area contributed by atoms with Gasteiger partial charge in [0.15, 0.2) is 0 Å². The monoisotopic (exact) mass is 301 g/mol. The van der Waals surface area contributed by atoms with Crippen molar-refractivity contribution in [2.75, 3.05) is 11.4 Å². The Labute approximate surface area is 130 Å². The van der Waals surface area contributed by atoms with Crippen LogP contribution in [0.25, 0.3) is 0 Å². The van der Waals surface area contributed by atoms with E-state index in [1.54, 1.807) is 24.3 Å². The van der Waals surface area contributed by atoms with Crippen LogP contribution in [0, 0.1) is 5.82 Å². The van der Waals surface area contributed by atoms with Crippen LogP contribution in [0.15, 0.2) is 42.5 Å². The first kappa shape index (κ1) is 14.7. The molecule has 1 N–H and O–H groups in total. The zero-order valence-corrected chi connectivity index (χ0v) is 12.8. The Balaban J connectivity index is 1.86. The highest BCUT2D eigenvalue weighted by Crippen LogP contribution is 2.37. The average molecular weight is 301 g/mol. The van der Waals surface area contributed by atoms with E-state index in [2.05, 4.69) is 18.7 Å². The fourth-order valence-electron chi connectivity index (χ4n) is 2.89. The Kier molecular flexibility index (Phi) is 3.92. The molecule has 1 unspecified atom stereocenters. The van der Waals surface area contributed by atoms with Crippen LogP contribution in [-0.2, 0) is 6.42 Å². The normalized spacial score (nSPS) is 17.3. The molecule has 3 nitrogen and oxygen atoms in total. The summed E-state index contributed by atoms with van der Waals surface area (Å²) in [6.45, 7) is 4.99. The lowest BCUT2D eigenvalue weighted by atomic mass is 10.0. The summed E-state index contributed by atoms with van der Waals surface area (Å²) in [5, 5.41) is 9.68. The Morgan fingerprint density at radius 1 is 1.27 bits per heavy atom. The van der Waals surface area contributed by atoms with Gasteiger partial charge in [0, 0.05) is 18.5 Å². The van der Waals surface area contributed by atoms with Crippen molar-refractivity contribution in [3.05, 3.63) is 53.8 Å². The van der Waals surface area contributed by atoms with E-state index in [0.29, 0.717) is 18.2 Å². The molecule has 0 saturated carbocycles. The maximum absolute atomic E-state index is 13.3. The molecule has 0 saturated heterocycles. The summed E-state index contributed by atoms with van der Waals surface area (Å²) >= 11 is 0. The molecule has 1 atom stereocenters. The third-order valence-electron chi connectivity index (χ3n) is 3.92. The Bertz CT molecular complexity index is 672. The largest absolute Gasteiger partial charge is 0.508 e. The number of nitrogens with zero attached hydrogens (tertiary/aromatic N) is 1. The second-order valence-corrected chi connectivity index (χ2v) is 5.97. The van der Waals surface area contributed by atoms with Crippen LogP contribution in [0.2, 0.25) is 0 Å². The third kappa shape index (κ3) is 3.01. The van der Waals surface area contributed by atoms with Gasteiger partial charge in [0.2, 0.25) is 0 Å². The lowest BCUT2D eigenvalue weighted by Crippen LogP contribution is -2.44.